The minimum atomic E-state index is -7.22. The second-order valence-corrected chi connectivity index (χ2v) is 12.6. The van der Waals surface area contributed by atoms with E-state index >= 15 is 35.1 Å². The van der Waals surface area contributed by atoms with E-state index in [0.29, 0.717) is 0 Å². The lowest BCUT2D eigenvalue weighted by Crippen LogP contribution is -2.81. The Bertz CT molecular complexity index is 2570. The van der Waals surface area contributed by atoms with E-state index in [9.17, 15) is 52.7 Å². The maximum Gasteiger partial charge on any atom is 0.223 e. The van der Waals surface area contributed by atoms with Gasteiger partial charge in [-0.3, -0.25) is 0 Å². The van der Waals surface area contributed by atoms with Gasteiger partial charge in [-0.05, 0) is 22.9 Å². The Morgan fingerprint density at radius 1 is 0.290 bits per heavy atom. The highest BCUT2D eigenvalue weighted by molar-refractivity contribution is 7.20. The van der Waals surface area contributed by atoms with Gasteiger partial charge < -0.3 is 0 Å². The minimum absolute atomic E-state index is 0.833. The van der Waals surface area contributed by atoms with Crippen LogP contribution in [0.4, 0.5) is 87.8 Å². The molecule has 0 amide bonds. The molecule has 0 aliphatic carbocycles. The largest absolute Gasteiger partial charge is 0.232 e. The smallest absolute Gasteiger partial charge is 0.223 e. The van der Waals surface area contributed by atoms with E-state index < -0.39 is 144 Å². The number of fused-ring (bicyclic) bond motifs is 1. The van der Waals surface area contributed by atoms with Crippen LogP contribution in [0.25, 0.3) is 10.8 Å². The van der Waals surface area contributed by atoms with Crippen molar-refractivity contribution in [1.82, 2.24) is 0 Å². The van der Waals surface area contributed by atoms with Gasteiger partial charge in [0.15, 0.2) is 69.8 Å². The van der Waals surface area contributed by atoms with E-state index in [1.807, 2.05) is 54.9 Å². The zero-order valence-corrected chi connectivity index (χ0v) is 29.4. The Morgan fingerprint density at radius 3 is 0.871 bits per heavy atom. The van der Waals surface area contributed by atoms with Crippen molar-refractivity contribution in [2.45, 2.75) is 0 Å². The number of benzene rings is 6. The van der Waals surface area contributed by atoms with Crippen LogP contribution in [-0.4, -0.2) is 6.15 Å². The third-order valence-electron chi connectivity index (χ3n) is 9.33. The van der Waals surface area contributed by atoms with Crippen LogP contribution >= 0.6 is 0 Å². The van der Waals surface area contributed by atoms with Gasteiger partial charge in [0.1, 0.15) is 52.7 Å². The normalized spacial score (nSPS) is 11.5. The van der Waals surface area contributed by atoms with Crippen molar-refractivity contribution in [1.29, 1.82) is 0 Å². The summed E-state index contributed by atoms with van der Waals surface area (Å²) in [6, 6.07) is 20.1. The van der Waals surface area contributed by atoms with Gasteiger partial charge in [0.05, 0.1) is 0 Å². The van der Waals surface area contributed by atoms with Crippen molar-refractivity contribution in [2.24, 2.45) is 0 Å². The van der Waals surface area contributed by atoms with E-state index in [0.717, 1.165) is 5.75 Å². The van der Waals surface area contributed by atoms with Crippen molar-refractivity contribution in [3.05, 3.63) is 189 Å². The van der Waals surface area contributed by atoms with E-state index in [-0.39, 0.29) is 0 Å². The molecule has 23 heteroatoms. The Kier molecular flexibility index (Phi) is 12.0. The van der Waals surface area contributed by atoms with Gasteiger partial charge in [-0.1, -0.05) is 36.4 Å². The van der Waals surface area contributed by atoms with Crippen LogP contribution in [0, 0.1) is 116 Å². The Labute approximate surface area is 331 Å². The molecule has 2 nitrogen and oxygen atoms in total. The van der Waals surface area contributed by atoms with Gasteiger partial charge in [-0.25, -0.2) is 92.6 Å². The quantitative estimate of drug-likeness (QED) is 0.0535. The summed E-state index contributed by atoms with van der Waals surface area (Å²) >= 11 is 0. The molecule has 1 heterocycles. The SMILES string of the molecule is Fc1c(F)c(F)c([B-](c2c(F)c(F)c(F)c(F)c2F)(c2c(F)c(F)c(F)c(F)c2F)c2c(F)c(F)c(F)c(F)c2F)c(F)c1F.c1cc[n+](Oc2ccc3ccccc3c2)cc1. The molecule has 0 N–H and O–H groups in total. The summed E-state index contributed by atoms with van der Waals surface area (Å²) in [5.41, 5.74) is -14.3. The fraction of sp³-hybridized carbons (Fsp3) is 0. The zero-order chi connectivity index (χ0) is 45.9. The minimum Gasteiger partial charge on any atom is -0.232 e. The molecule has 7 rings (SSSR count). The highest BCUT2D eigenvalue weighted by atomic mass is 19.2. The lowest BCUT2D eigenvalue weighted by Gasteiger charge is -2.44. The Hall–Kier alpha value is -6.81. The average Bonchev–Trinajstić information content (AvgIpc) is 3.26. The molecule has 1 aromatic heterocycles. The third-order valence-corrected chi connectivity index (χ3v) is 9.33. The van der Waals surface area contributed by atoms with Gasteiger partial charge in [0, 0.05) is 16.9 Å². The highest BCUT2D eigenvalue weighted by Crippen LogP contribution is 2.31. The maximum atomic E-state index is 15.4. The van der Waals surface area contributed by atoms with Gasteiger partial charge in [-0.15, -0.1) is 21.9 Å². The predicted octanol–water partition coefficient (Wildman–Crippen LogP) is 8.82. The molecular weight excluding hydrogens is 889 g/mol. The lowest BCUT2D eigenvalue weighted by atomic mass is 9.12. The third kappa shape index (κ3) is 6.87. The van der Waals surface area contributed by atoms with Crippen LogP contribution in [0.1, 0.15) is 0 Å². The first-order valence-electron chi connectivity index (χ1n) is 16.5. The summed E-state index contributed by atoms with van der Waals surface area (Å²) in [5, 5.41) is 2.40. The van der Waals surface area contributed by atoms with Gasteiger partial charge in [-0.2, -0.15) is 0 Å². The van der Waals surface area contributed by atoms with Crippen molar-refractivity contribution in [3.63, 3.8) is 0 Å². The summed E-state index contributed by atoms with van der Waals surface area (Å²) in [5.74, 6) is -70.6. The number of pyridine rings is 1. The van der Waals surface area contributed by atoms with E-state index in [1.165, 1.54) is 10.8 Å². The van der Waals surface area contributed by atoms with Gasteiger partial charge >= 0.3 is 0 Å². The first-order valence-corrected chi connectivity index (χ1v) is 16.5. The molecule has 7 aromatic rings. The van der Waals surface area contributed by atoms with Gasteiger partial charge in [0.2, 0.25) is 18.1 Å². The molecule has 322 valence electrons. The van der Waals surface area contributed by atoms with Crippen molar-refractivity contribution >= 4 is 38.8 Å². The van der Waals surface area contributed by atoms with Crippen molar-refractivity contribution in [2.75, 3.05) is 0 Å². The highest BCUT2D eigenvalue weighted by Gasteiger charge is 2.52. The molecule has 0 saturated carbocycles. The molecule has 0 radical (unpaired) electrons. The second kappa shape index (κ2) is 16.6. The molecule has 0 atom stereocenters. The van der Waals surface area contributed by atoms with Crippen LogP contribution in [0.15, 0.2) is 73.1 Å². The molecule has 0 bridgehead atoms. The van der Waals surface area contributed by atoms with Crippen LogP contribution in [0.5, 0.6) is 5.75 Å². The Morgan fingerprint density at radius 2 is 0.565 bits per heavy atom. The molecule has 0 saturated heterocycles. The summed E-state index contributed by atoms with van der Waals surface area (Å²) in [6.45, 7) is 0. The number of rotatable bonds is 6. The van der Waals surface area contributed by atoms with Crippen LogP contribution in [0.3, 0.4) is 0 Å². The van der Waals surface area contributed by atoms with Crippen LogP contribution in [0.2, 0.25) is 0 Å². The number of halogens is 20. The molecule has 0 aliphatic heterocycles. The Balaban J connectivity index is 0.000000311. The topological polar surface area (TPSA) is 13.1 Å². The summed E-state index contributed by atoms with van der Waals surface area (Å²) < 4.78 is 296. The van der Waals surface area contributed by atoms with E-state index in [4.69, 9.17) is 4.84 Å². The predicted molar refractivity (Wildman–Crippen MR) is 176 cm³/mol. The maximum absolute atomic E-state index is 15.4. The summed E-state index contributed by atoms with van der Waals surface area (Å²) in [4.78, 5) is 5.70. The number of nitrogens with zero attached hydrogens (tertiary/aromatic N) is 1. The number of hydrogen-bond donors (Lipinski definition) is 0. The van der Waals surface area contributed by atoms with Crippen LogP contribution in [-0.2, 0) is 0 Å². The number of hydrogen-bond acceptors (Lipinski definition) is 1. The standard InChI is InChI=1S/C24BF20.C15H12NO/c26-5-1(6(27)14(35)21(42)13(5)34)25(2-7(28)15(36)22(43)16(37)8(2)29,3-9(30)17(38)23(44)18(39)10(3)31)4-11(32)19(40)24(45)20(41)12(4)33;1-4-10-16(11-5-1)17-15-9-8-13-6-2-3-7-14(13)12-15/h;1-12H/q-1;+1. The fourth-order valence-electron chi connectivity index (χ4n) is 6.66. The monoisotopic (exact) mass is 901 g/mol. The number of aromatic nitrogens is 1. The molecule has 0 spiro atoms. The first-order chi connectivity index (χ1) is 29.1. The molecule has 6 aromatic carbocycles. The molecular formula is C39H12BF20NO. The molecule has 62 heavy (non-hydrogen) atoms. The van der Waals surface area contributed by atoms with Crippen LogP contribution < -0.4 is 31.4 Å². The lowest BCUT2D eigenvalue weighted by molar-refractivity contribution is -0.875. The first kappa shape index (κ1) is 44.7. The van der Waals surface area contributed by atoms with Gasteiger partial charge in [0.25, 0.3) is 0 Å². The van der Waals surface area contributed by atoms with E-state index in [1.54, 1.807) is 4.73 Å². The summed E-state index contributed by atoms with van der Waals surface area (Å²) in [7, 11) is 0. The average molecular weight is 901 g/mol. The second-order valence-electron chi connectivity index (χ2n) is 12.6. The molecule has 0 fully saturated rings. The fourth-order valence-corrected chi connectivity index (χ4v) is 6.66. The molecule has 0 aliphatic rings. The molecule has 0 unspecified atom stereocenters. The van der Waals surface area contributed by atoms with Crippen molar-refractivity contribution in [3.8, 4) is 5.75 Å². The van der Waals surface area contributed by atoms with Crippen molar-refractivity contribution < 1.29 is 97.4 Å². The van der Waals surface area contributed by atoms with E-state index in [2.05, 4.69) is 18.2 Å². The summed E-state index contributed by atoms with van der Waals surface area (Å²) in [6.07, 6.45) is -3.48. The zero-order valence-electron chi connectivity index (χ0n) is 29.4.